The molecule has 0 unspecified atom stereocenters. The predicted molar refractivity (Wildman–Crippen MR) is 75.0 cm³/mol. The molecule has 0 aromatic rings. The summed E-state index contributed by atoms with van der Waals surface area (Å²) in [5.74, 6) is 0.106. The quantitative estimate of drug-likeness (QED) is 0.534. The van der Waals surface area contributed by atoms with Gasteiger partial charge >= 0.3 is 0 Å². The van der Waals surface area contributed by atoms with E-state index in [4.69, 9.17) is 5.73 Å². The van der Waals surface area contributed by atoms with Gasteiger partial charge in [-0.3, -0.25) is 4.79 Å². The molecule has 1 aliphatic carbocycles. The van der Waals surface area contributed by atoms with E-state index in [0.29, 0.717) is 13.0 Å². The number of hydrogen-bond donors (Lipinski definition) is 2. The average molecular weight is 246 g/mol. The number of carbonyl (C=O) groups is 1. The summed E-state index contributed by atoms with van der Waals surface area (Å²) in [6.45, 7) is 1.32. The van der Waals surface area contributed by atoms with Gasteiger partial charge in [-0.15, -0.1) is 5.73 Å². The summed E-state index contributed by atoms with van der Waals surface area (Å²) in [5.41, 5.74) is 9.82. The second kappa shape index (κ2) is 9.46. The van der Waals surface area contributed by atoms with Crippen LogP contribution in [-0.2, 0) is 4.79 Å². The topological polar surface area (TPSA) is 55.1 Å². The van der Waals surface area contributed by atoms with Crippen molar-refractivity contribution in [2.45, 2.75) is 32.1 Å². The summed E-state index contributed by atoms with van der Waals surface area (Å²) in [4.78, 5) is 11.3. The van der Waals surface area contributed by atoms with Crippen LogP contribution in [0.5, 0.6) is 0 Å². The van der Waals surface area contributed by atoms with Crippen LogP contribution in [0, 0.1) is 0 Å². The molecule has 0 aromatic carbocycles. The first-order valence-electron chi connectivity index (χ1n) is 6.55. The van der Waals surface area contributed by atoms with E-state index in [0.717, 1.165) is 32.2 Å². The fourth-order valence-corrected chi connectivity index (χ4v) is 1.71. The summed E-state index contributed by atoms with van der Waals surface area (Å²) in [6.07, 6.45) is 14.3. The molecule has 18 heavy (non-hydrogen) atoms. The lowest BCUT2D eigenvalue weighted by molar-refractivity contribution is -0.121. The lowest BCUT2D eigenvalue weighted by atomic mass is 10.1. The first kappa shape index (κ1) is 14.5. The minimum atomic E-state index is 0.106. The highest BCUT2D eigenvalue weighted by Gasteiger charge is 2.00. The van der Waals surface area contributed by atoms with Crippen molar-refractivity contribution in [3.63, 3.8) is 0 Å². The molecular formula is C15H22N2O. The zero-order valence-corrected chi connectivity index (χ0v) is 10.8. The number of allylic oxidation sites excluding steroid dienone is 5. The van der Waals surface area contributed by atoms with E-state index in [2.05, 4.69) is 17.1 Å². The molecule has 0 spiro atoms. The van der Waals surface area contributed by atoms with Gasteiger partial charge in [-0.1, -0.05) is 23.8 Å². The maximum atomic E-state index is 11.3. The molecule has 0 saturated heterocycles. The second-order valence-electron chi connectivity index (χ2n) is 4.30. The Hall–Kier alpha value is -1.57. The van der Waals surface area contributed by atoms with Gasteiger partial charge in [0, 0.05) is 13.0 Å². The minimum absolute atomic E-state index is 0.106. The van der Waals surface area contributed by atoms with Crippen LogP contribution in [0.15, 0.2) is 41.7 Å². The number of hydrogen-bond acceptors (Lipinski definition) is 2. The Morgan fingerprint density at radius 1 is 1.39 bits per heavy atom. The molecule has 1 amide bonds. The van der Waals surface area contributed by atoms with Gasteiger partial charge in [0.15, 0.2) is 0 Å². The maximum Gasteiger partial charge on any atom is 0.220 e. The molecule has 3 nitrogen and oxygen atoms in total. The molecule has 0 fully saturated rings. The van der Waals surface area contributed by atoms with Crippen LogP contribution in [0.25, 0.3) is 0 Å². The van der Waals surface area contributed by atoms with Crippen molar-refractivity contribution in [2.75, 3.05) is 13.1 Å². The SMILES string of the molecule is NCCCC(=O)NCCCC1=CC=CC=C=CC1. The largest absolute Gasteiger partial charge is 0.356 e. The smallest absolute Gasteiger partial charge is 0.220 e. The third-order valence-electron chi connectivity index (χ3n) is 2.72. The van der Waals surface area contributed by atoms with Gasteiger partial charge in [0.1, 0.15) is 0 Å². The predicted octanol–water partition coefficient (Wildman–Crippen LogP) is 2.22. The van der Waals surface area contributed by atoms with Crippen molar-refractivity contribution in [1.82, 2.24) is 5.32 Å². The van der Waals surface area contributed by atoms with Crippen molar-refractivity contribution in [1.29, 1.82) is 0 Å². The standard InChI is InChI=1S/C15H22N2O/c16-12-6-11-15(18)17-13-7-10-14-8-4-2-1-3-5-9-14/h1-2,4-5,8H,6-7,9-13,16H2,(H,17,18). The average Bonchev–Trinajstić information content (AvgIpc) is 2.34. The summed E-state index contributed by atoms with van der Waals surface area (Å²) in [5, 5.41) is 2.91. The maximum absolute atomic E-state index is 11.3. The highest BCUT2D eigenvalue weighted by molar-refractivity contribution is 5.75. The molecule has 98 valence electrons. The highest BCUT2D eigenvalue weighted by atomic mass is 16.1. The zero-order valence-electron chi connectivity index (χ0n) is 10.8. The fraction of sp³-hybridized carbons (Fsp3) is 0.467. The fourth-order valence-electron chi connectivity index (χ4n) is 1.71. The number of carbonyl (C=O) groups excluding carboxylic acids is 1. The molecule has 0 heterocycles. The van der Waals surface area contributed by atoms with Crippen LogP contribution < -0.4 is 11.1 Å². The Bertz CT molecular complexity index is 374. The molecule has 3 heteroatoms. The van der Waals surface area contributed by atoms with Crippen molar-refractivity contribution in [2.24, 2.45) is 5.73 Å². The van der Waals surface area contributed by atoms with Crippen LogP contribution >= 0.6 is 0 Å². The molecule has 0 atom stereocenters. The Labute approximate surface area is 109 Å². The van der Waals surface area contributed by atoms with E-state index in [1.807, 2.05) is 24.3 Å². The first-order valence-corrected chi connectivity index (χ1v) is 6.55. The van der Waals surface area contributed by atoms with E-state index in [1.165, 1.54) is 5.57 Å². The van der Waals surface area contributed by atoms with Gasteiger partial charge in [-0.05, 0) is 44.4 Å². The van der Waals surface area contributed by atoms with E-state index in [9.17, 15) is 4.79 Å². The highest BCUT2D eigenvalue weighted by Crippen LogP contribution is 2.11. The van der Waals surface area contributed by atoms with Gasteiger partial charge in [-0.2, -0.15) is 0 Å². The van der Waals surface area contributed by atoms with Crippen molar-refractivity contribution in [3.05, 3.63) is 41.7 Å². The van der Waals surface area contributed by atoms with Gasteiger partial charge < -0.3 is 11.1 Å². The molecule has 1 rings (SSSR count). The van der Waals surface area contributed by atoms with E-state index in [1.54, 1.807) is 0 Å². The van der Waals surface area contributed by atoms with Gasteiger partial charge in [-0.25, -0.2) is 0 Å². The number of amides is 1. The van der Waals surface area contributed by atoms with E-state index >= 15 is 0 Å². The molecule has 1 aliphatic rings. The lowest BCUT2D eigenvalue weighted by Gasteiger charge is -2.06. The molecule has 0 radical (unpaired) electrons. The Balaban J connectivity index is 2.14. The van der Waals surface area contributed by atoms with Gasteiger partial charge in [0.25, 0.3) is 0 Å². The van der Waals surface area contributed by atoms with Crippen LogP contribution in [0.1, 0.15) is 32.1 Å². The summed E-state index contributed by atoms with van der Waals surface area (Å²) in [6, 6.07) is 0. The summed E-state index contributed by atoms with van der Waals surface area (Å²) in [7, 11) is 0. The molecule has 0 saturated carbocycles. The Kier molecular flexibility index (Phi) is 7.61. The molecule has 0 aliphatic heterocycles. The van der Waals surface area contributed by atoms with E-state index in [-0.39, 0.29) is 5.91 Å². The first-order chi connectivity index (χ1) is 8.83. The number of nitrogens with two attached hydrogens (primary N) is 1. The third-order valence-corrected chi connectivity index (χ3v) is 2.72. The lowest BCUT2D eigenvalue weighted by Crippen LogP contribution is -2.24. The third kappa shape index (κ3) is 6.89. The van der Waals surface area contributed by atoms with Gasteiger partial charge in [0.2, 0.25) is 5.91 Å². The van der Waals surface area contributed by atoms with E-state index < -0.39 is 0 Å². The Morgan fingerprint density at radius 3 is 3.11 bits per heavy atom. The monoisotopic (exact) mass is 246 g/mol. The molecule has 3 N–H and O–H groups in total. The van der Waals surface area contributed by atoms with Crippen LogP contribution in [-0.4, -0.2) is 19.0 Å². The van der Waals surface area contributed by atoms with Crippen molar-refractivity contribution < 1.29 is 4.79 Å². The second-order valence-corrected chi connectivity index (χ2v) is 4.30. The van der Waals surface area contributed by atoms with Crippen LogP contribution in [0.3, 0.4) is 0 Å². The minimum Gasteiger partial charge on any atom is -0.356 e. The zero-order chi connectivity index (χ0) is 13.1. The van der Waals surface area contributed by atoms with Crippen LogP contribution in [0.4, 0.5) is 0 Å². The van der Waals surface area contributed by atoms with Crippen molar-refractivity contribution in [3.8, 4) is 0 Å². The molecule has 0 bridgehead atoms. The Morgan fingerprint density at radius 2 is 2.28 bits per heavy atom. The van der Waals surface area contributed by atoms with Gasteiger partial charge in [0.05, 0.1) is 0 Å². The van der Waals surface area contributed by atoms with Crippen LogP contribution in [0.2, 0.25) is 0 Å². The summed E-state index contributed by atoms with van der Waals surface area (Å²) >= 11 is 0. The van der Waals surface area contributed by atoms with Crippen molar-refractivity contribution >= 4 is 5.91 Å². The molecular weight excluding hydrogens is 224 g/mol. The molecule has 0 aromatic heterocycles. The number of rotatable bonds is 7. The normalized spacial score (nSPS) is 13.9. The number of nitrogens with one attached hydrogen (secondary N) is 1. The summed E-state index contributed by atoms with van der Waals surface area (Å²) < 4.78 is 0.